The van der Waals surface area contributed by atoms with Gasteiger partial charge in [-0.25, -0.2) is 4.98 Å². The maximum Gasteiger partial charge on any atom is 0.251 e. The number of imidazole rings is 1. The first-order valence-electron chi connectivity index (χ1n) is 10.2. The summed E-state index contributed by atoms with van der Waals surface area (Å²) in [6, 6.07) is 16.5. The van der Waals surface area contributed by atoms with E-state index in [-0.39, 0.29) is 11.9 Å². The second kappa shape index (κ2) is 8.57. The topological polar surface area (TPSA) is 50.2 Å². The smallest absolute Gasteiger partial charge is 0.251 e. The van der Waals surface area contributed by atoms with Crippen molar-refractivity contribution in [2.45, 2.75) is 31.7 Å². The highest BCUT2D eigenvalue weighted by molar-refractivity contribution is 5.97. The molecule has 0 bridgehead atoms. The van der Waals surface area contributed by atoms with Gasteiger partial charge in [-0.1, -0.05) is 43.2 Å². The van der Waals surface area contributed by atoms with Crippen LogP contribution in [0.1, 0.15) is 47.6 Å². The van der Waals surface area contributed by atoms with Crippen LogP contribution in [0.15, 0.2) is 54.9 Å². The minimum Gasteiger partial charge on any atom is -0.350 e. The number of fused-ring (bicyclic) bond motifs is 1. The van der Waals surface area contributed by atoms with Gasteiger partial charge in [0.2, 0.25) is 0 Å². The fraction of sp³-hybridized carbons (Fsp3) is 0.391. The summed E-state index contributed by atoms with van der Waals surface area (Å²) in [6.45, 7) is 2.80. The third-order valence-corrected chi connectivity index (χ3v) is 5.71. The molecule has 1 aliphatic heterocycles. The average Bonchev–Trinajstić information content (AvgIpc) is 2.93. The summed E-state index contributed by atoms with van der Waals surface area (Å²) in [6.07, 6.45) is 6.83. The van der Waals surface area contributed by atoms with E-state index in [0.717, 1.165) is 24.1 Å². The quantitative estimate of drug-likeness (QED) is 0.734. The van der Waals surface area contributed by atoms with Crippen LogP contribution in [0.5, 0.6) is 0 Å². The van der Waals surface area contributed by atoms with Crippen LogP contribution < -0.4 is 5.32 Å². The van der Waals surface area contributed by atoms with Crippen molar-refractivity contribution in [3.8, 4) is 0 Å². The molecule has 2 heterocycles. The van der Waals surface area contributed by atoms with Gasteiger partial charge in [0.1, 0.15) is 0 Å². The molecule has 0 aliphatic carbocycles. The van der Waals surface area contributed by atoms with Gasteiger partial charge in [-0.15, -0.1) is 0 Å². The summed E-state index contributed by atoms with van der Waals surface area (Å²) in [5, 5.41) is 3.17. The van der Waals surface area contributed by atoms with Crippen molar-refractivity contribution in [3.63, 3.8) is 0 Å². The number of aromatic nitrogens is 2. The van der Waals surface area contributed by atoms with Crippen LogP contribution in [0.4, 0.5) is 0 Å². The van der Waals surface area contributed by atoms with Crippen LogP contribution in [0.2, 0.25) is 0 Å². The van der Waals surface area contributed by atoms with E-state index >= 15 is 0 Å². The molecular formula is C23H28N4O. The number of nitrogens with one attached hydrogen (secondary N) is 1. The Kier molecular flexibility index (Phi) is 5.72. The Balaban J connectivity index is 1.50. The van der Waals surface area contributed by atoms with Crippen molar-refractivity contribution in [2.24, 2.45) is 7.05 Å². The zero-order valence-electron chi connectivity index (χ0n) is 16.5. The van der Waals surface area contributed by atoms with E-state index in [2.05, 4.69) is 39.5 Å². The lowest BCUT2D eigenvalue weighted by Crippen LogP contribution is -2.38. The molecule has 0 saturated carbocycles. The Morgan fingerprint density at radius 2 is 1.82 bits per heavy atom. The van der Waals surface area contributed by atoms with E-state index in [1.165, 1.54) is 31.2 Å². The lowest BCUT2D eigenvalue weighted by Gasteiger charge is -2.31. The van der Waals surface area contributed by atoms with Gasteiger partial charge in [0.05, 0.1) is 23.4 Å². The number of carbonyl (C=O) groups excluding carboxylic acids is 1. The first-order chi connectivity index (χ1) is 13.7. The molecular weight excluding hydrogens is 348 g/mol. The number of likely N-dealkylation sites (tertiary alicyclic amines) is 1. The number of benzene rings is 2. The number of aryl methyl sites for hydroxylation is 1. The second-order valence-electron chi connectivity index (χ2n) is 7.65. The third-order valence-electron chi connectivity index (χ3n) is 5.71. The number of hydrogen-bond donors (Lipinski definition) is 1. The predicted molar refractivity (Wildman–Crippen MR) is 112 cm³/mol. The molecule has 0 spiro atoms. The van der Waals surface area contributed by atoms with Crippen molar-refractivity contribution < 1.29 is 4.79 Å². The van der Waals surface area contributed by atoms with Crippen molar-refractivity contribution in [1.82, 2.24) is 19.8 Å². The van der Waals surface area contributed by atoms with Crippen LogP contribution >= 0.6 is 0 Å². The van der Waals surface area contributed by atoms with Gasteiger partial charge in [-0.3, -0.25) is 9.69 Å². The first-order valence-corrected chi connectivity index (χ1v) is 10.2. The molecule has 2 aromatic carbocycles. The Morgan fingerprint density at radius 1 is 1.07 bits per heavy atom. The third kappa shape index (κ3) is 4.09. The summed E-state index contributed by atoms with van der Waals surface area (Å²) in [5.41, 5.74) is 3.81. The lowest BCUT2D eigenvalue weighted by molar-refractivity contribution is 0.0933. The molecule has 1 fully saturated rings. The average molecular weight is 377 g/mol. The van der Waals surface area contributed by atoms with Gasteiger partial charge in [0, 0.05) is 19.2 Å². The summed E-state index contributed by atoms with van der Waals surface area (Å²) < 4.78 is 1.96. The maximum atomic E-state index is 12.8. The Hall–Kier alpha value is -2.66. The Bertz CT molecular complexity index is 926. The normalized spacial score (nSPS) is 16.6. The molecule has 5 nitrogen and oxygen atoms in total. The molecule has 5 heteroatoms. The molecule has 28 heavy (non-hydrogen) atoms. The van der Waals surface area contributed by atoms with Crippen molar-refractivity contribution in [2.75, 3.05) is 19.6 Å². The summed E-state index contributed by atoms with van der Waals surface area (Å²) in [4.78, 5) is 19.7. The van der Waals surface area contributed by atoms with E-state index in [9.17, 15) is 4.79 Å². The minimum absolute atomic E-state index is 0.0386. The SMILES string of the molecule is Cn1cnc2cc(C(=O)NCC(c3ccccc3)N3CCCCCC3)ccc21. The van der Waals surface area contributed by atoms with Crippen LogP contribution in [0.25, 0.3) is 11.0 Å². The number of hydrogen-bond acceptors (Lipinski definition) is 3. The molecule has 1 aromatic heterocycles. The fourth-order valence-electron chi connectivity index (χ4n) is 4.11. The molecule has 1 aliphatic rings. The Morgan fingerprint density at radius 3 is 2.57 bits per heavy atom. The molecule has 1 atom stereocenters. The molecule has 4 rings (SSSR count). The molecule has 0 radical (unpaired) electrons. The summed E-state index contributed by atoms with van der Waals surface area (Å²) in [5.74, 6) is -0.0386. The van der Waals surface area contributed by atoms with Gasteiger partial charge >= 0.3 is 0 Å². The van der Waals surface area contributed by atoms with Gasteiger partial charge in [-0.05, 0) is 49.7 Å². The van der Waals surface area contributed by atoms with Gasteiger partial charge < -0.3 is 9.88 Å². The highest BCUT2D eigenvalue weighted by Crippen LogP contribution is 2.24. The first kappa shape index (κ1) is 18.7. The molecule has 146 valence electrons. The summed E-state index contributed by atoms with van der Waals surface area (Å²) >= 11 is 0. The van der Waals surface area contributed by atoms with Gasteiger partial charge in [-0.2, -0.15) is 0 Å². The van der Waals surface area contributed by atoms with Crippen molar-refractivity contribution in [1.29, 1.82) is 0 Å². The zero-order valence-corrected chi connectivity index (χ0v) is 16.5. The number of carbonyl (C=O) groups is 1. The fourth-order valence-corrected chi connectivity index (χ4v) is 4.11. The predicted octanol–water partition coefficient (Wildman–Crippen LogP) is 3.92. The number of amides is 1. The highest BCUT2D eigenvalue weighted by Gasteiger charge is 2.22. The lowest BCUT2D eigenvalue weighted by atomic mass is 10.0. The largest absolute Gasteiger partial charge is 0.350 e. The zero-order chi connectivity index (χ0) is 19.3. The van der Waals surface area contributed by atoms with Crippen molar-refractivity contribution in [3.05, 3.63) is 66.0 Å². The maximum absolute atomic E-state index is 12.8. The van der Waals surface area contributed by atoms with E-state index in [4.69, 9.17) is 0 Å². The van der Waals surface area contributed by atoms with Gasteiger partial charge in [0.25, 0.3) is 5.91 Å². The van der Waals surface area contributed by atoms with Crippen LogP contribution in [0, 0.1) is 0 Å². The summed E-state index contributed by atoms with van der Waals surface area (Å²) in [7, 11) is 1.96. The van der Waals surface area contributed by atoms with Crippen LogP contribution in [-0.2, 0) is 7.05 Å². The molecule has 1 amide bonds. The standard InChI is InChI=1S/C23H28N4O/c1-26-17-25-20-15-19(11-12-21(20)26)23(28)24-16-22(18-9-5-4-6-10-18)27-13-7-2-3-8-14-27/h4-6,9-12,15,17,22H,2-3,7-8,13-14,16H2,1H3,(H,24,28). The van der Waals surface area contributed by atoms with E-state index in [1.807, 2.05) is 35.9 Å². The number of nitrogens with zero attached hydrogens (tertiary/aromatic N) is 3. The van der Waals surface area contributed by atoms with Crippen LogP contribution in [-0.4, -0.2) is 40.0 Å². The highest BCUT2D eigenvalue weighted by atomic mass is 16.1. The van der Waals surface area contributed by atoms with E-state index in [1.54, 1.807) is 6.33 Å². The molecule has 1 N–H and O–H groups in total. The van der Waals surface area contributed by atoms with Crippen LogP contribution in [0.3, 0.4) is 0 Å². The Labute approximate surface area is 166 Å². The second-order valence-corrected chi connectivity index (χ2v) is 7.65. The molecule has 3 aromatic rings. The van der Waals surface area contributed by atoms with E-state index in [0.29, 0.717) is 12.1 Å². The minimum atomic E-state index is -0.0386. The molecule has 1 unspecified atom stereocenters. The van der Waals surface area contributed by atoms with E-state index < -0.39 is 0 Å². The number of rotatable bonds is 5. The monoisotopic (exact) mass is 376 g/mol. The van der Waals surface area contributed by atoms with Crippen molar-refractivity contribution >= 4 is 16.9 Å². The molecule has 1 saturated heterocycles. The van der Waals surface area contributed by atoms with Gasteiger partial charge in [0.15, 0.2) is 0 Å².